The topological polar surface area (TPSA) is 111 Å². The molecule has 1 saturated carbocycles. The summed E-state index contributed by atoms with van der Waals surface area (Å²) in [6.45, 7) is 5.41. The van der Waals surface area contributed by atoms with Gasteiger partial charge in [0.1, 0.15) is 24.1 Å². The number of aromatic nitrogens is 2. The number of hydrogen-bond donors (Lipinski definition) is 1. The van der Waals surface area contributed by atoms with Crippen LogP contribution in [-0.4, -0.2) is 58.9 Å². The SMILES string of the molecule is Cc1c(Nc2ccc(S(=O)(=O)C3CC3)cc2F)ncnc1OC1CC2C=CC(C1)N2C(=O)OC(C)C. The van der Waals surface area contributed by atoms with Crippen LogP contribution in [0.5, 0.6) is 5.88 Å². The number of fused-ring (bicyclic) bond motifs is 2. The van der Waals surface area contributed by atoms with E-state index in [2.05, 4.69) is 15.3 Å². The van der Waals surface area contributed by atoms with Crippen molar-refractivity contribution in [2.24, 2.45) is 0 Å². The third-order valence-electron chi connectivity index (χ3n) is 6.63. The summed E-state index contributed by atoms with van der Waals surface area (Å²) in [6.07, 6.45) is 7.07. The van der Waals surface area contributed by atoms with Gasteiger partial charge in [-0.2, -0.15) is 0 Å². The van der Waals surface area contributed by atoms with Crippen LogP contribution in [0.1, 0.15) is 45.1 Å². The second kappa shape index (κ2) is 9.34. The molecule has 1 aromatic heterocycles. The fourth-order valence-electron chi connectivity index (χ4n) is 4.65. The van der Waals surface area contributed by atoms with Crippen LogP contribution in [0, 0.1) is 12.7 Å². The number of halogens is 1. The Morgan fingerprint density at radius 1 is 1.17 bits per heavy atom. The Morgan fingerprint density at radius 3 is 2.47 bits per heavy atom. The van der Waals surface area contributed by atoms with Gasteiger partial charge in [-0.3, -0.25) is 4.90 Å². The zero-order chi connectivity index (χ0) is 25.6. The van der Waals surface area contributed by atoms with Crippen LogP contribution in [0.2, 0.25) is 0 Å². The number of piperidine rings is 1. The zero-order valence-corrected chi connectivity index (χ0v) is 21.2. The maximum absolute atomic E-state index is 14.8. The molecule has 2 bridgehead atoms. The van der Waals surface area contributed by atoms with Gasteiger partial charge in [0.05, 0.1) is 39.6 Å². The summed E-state index contributed by atoms with van der Waals surface area (Å²) in [5, 5.41) is 2.52. The molecule has 36 heavy (non-hydrogen) atoms. The Morgan fingerprint density at radius 2 is 1.86 bits per heavy atom. The fourth-order valence-corrected chi connectivity index (χ4v) is 6.31. The van der Waals surface area contributed by atoms with E-state index in [1.807, 2.05) is 26.0 Å². The maximum Gasteiger partial charge on any atom is 0.411 e. The van der Waals surface area contributed by atoms with Crippen molar-refractivity contribution >= 4 is 27.4 Å². The lowest BCUT2D eigenvalue weighted by molar-refractivity contribution is 0.0264. The zero-order valence-electron chi connectivity index (χ0n) is 20.3. The van der Waals surface area contributed by atoms with Gasteiger partial charge in [0.15, 0.2) is 9.84 Å². The van der Waals surface area contributed by atoms with Crippen molar-refractivity contribution in [3.8, 4) is 5.88 Å². The highest BCUT2D eigenvalue weighted by molar-refractivity contribution is 7.92. The van der Waals surface area contributed by atoms with Crippen LogP contribution in [0.15, 0.2) is 41.6 Å². The highest BCUT2D eigenvalue weighted by atomic mass is 32.2. The molecule has 1 saturated heterocycles. The molecule has 9 nitrogen and oxygen atoms in total. The van der Waals surface area contributed by atoms with E-state index in [0.29, 0.717) is 42.9 Å². The summed E-state index contributed by atoms with van der Waals surface area (Å²) in [7, 11) is -3.48. The van der Waals surface area contributed by atoms with E-state index in [0.717, 1.165) is 6.07 Å². The molecule has 1 N–H and O–H groups in total. The average molecular weight is 517 g/mol. The van der Waals surface area contributed by atoms with Crippen LogP contribution < -0.4 is 10.1 Å². The molecular formula is C25H29FN4O5S. The fraction of sp³-hybridized carbons (Fsp3) is 0.480. The minimum absolute atomic E-state index is 0.0108. The summed E-state index contributed by atoms with van der Waals surface area (Å²) in [6, 6.07) is 3.64. The number of carbonyl (C=O) groups excluding carboxylic acids is 1. The molecule has 1 amide bonds. The number of sulfone groups is 1. The molecule has 5 rings (SSSR count). The van der Waals surface area contributed by atoms with Gasteiger partial charge in [0, 0.05) is 12.8 Å². The van der Waals surface area contributed by atoms with Crippen LogP contribution in [0.3, 0.4) is 0 Å². The standard InChI is InChI=1S/C25H29FN4O5S/c1-14(2)34-25(31)30-16-4-5-17(30)11-18(10-16)35-24-15(3)23(27-13-28-24)29-22-9-8-20(12-21(22)26)36(32,33)19-6-7-19/h4-5,8-9,12-14,16-19H,6-7,10-11H2,1-3H3,(H,27,28,29). The normalized spacial score (nSPS) is 23.1. The lowest BCUT2D eigenvalue weighted by Gasteiger charge is -2.38. The quantitative estimate of drug-likeness (QED) is 0.543. The molecule has 3 heterocycles. The van der Waals surface area contributed by atoms with Gasteiger partial charge < -0.3 is 14.8 Å². The van der Waals surface area contributed by atoms with Gasteiger partial charge in [0.2, 0.25) is 5.88 Å². The number of amides is 1. The lowest BCUT2D eigenvalue weighted by atomic mass is 9.99. The average Bonchev–Trinajstić information content (AvgIpc) is 3.63. The smallest absolute Gasteiger partial charge is 0.411 e. The maximum atomic E-state index is 14.8. The first-order chi connectivity index (χ1) is 17.1. The van der Waals surface area contributed by atoms with E-state index in [1.54, 1.807) is 11.8 Å². The van der Waals surface area contributed by atoms with E-state index >= 15 is 0 Å². The first kappa shape index (κ1) is 24.5. The summed E-state index contributed by atoms with van der Waals surface area (Å²) in [4.78, 5) is 22.7. The summed E-state index contributed by atoms with van der Waals surface area (Å²) in [5.74, 6) is 0.0414. The minimum Gasteiger partial charge on any atom is -0.474 e. The summed E-state index contributed by atoms with van der Waals surface area (Å²) in [5.41, 5.74) is 0.699. The molecule has 0 radical (unpaired) electrons. The lowest BCUT2D eigenvalue weighted by Crippen LogP contribution is -2.50. The largest absolute Gasteiger partial charge is 0.474 e. The second-order valence-electron chi connectivity index (χ2n) is 9.73. The van der Waals surface area contributed by atoms with Crippen molar-refractivity contribution in [3.63, 3.8) is 0 Å². The van der Waals surface area contributed by atoms with Crippen LogP contribution in [0.25, 0.3) is 0 Å². The van der Waals surface area contributed by atoms with Crippen molar-refractivity contribution in [1.29, 1.82) is 0 Å². The Kier molecular flexibility index (Phi) is 6.36. The number of anilines is 2. The van der Waals surface area contributed by atoms with E-state index in [1.165, 1.54) is 18.5 Å². The monoisotopic (exact) mass is 516 g/mol. The molecule has 3 aliphatic rings. The number of nitrogens with zero attached hydrogens (tertiary/aromatic N) is 3. The molecule has 1 aliphatic carbocycles. The van der Waals surface area contributed by atoms with Gasteiger partial charge in [0.25, 0.3) is 0 Å². The number of rotatable bonds is 7. The van der Waals surface area contributed by atoms with Crippen molar-refractivity contribution in [2.75, 3.05) is 5.32 Å². The molecular weight excluding hydrogens is 487 g/mol. The predicted octanol–water partition coefficient (Wildman–Crippen LogP) is 4.30. The van der Waals surface area contributed by atoms with Gasteiger partial charge in [-0.25, -0.2) is 27.6 Å². The molecule has 2 aromatic rings. The molecule has 2 unspecified atom stereocenters. The number of ether oxygens (including phenoxy) is 2. The summed E-state index contributed by atoms with van der Waals surface area (Å²) < 4.78 is 51.2. The van der Waals surface area contributed by atoms with Crippen LogP contribution >= 0.6 is 0 Å². The Labute approximate surface area is 209 Å². The first-order valence-corrected chi connectivity index (χ1v) is 13.6. The van der Waals surface area contributed by atoms with Gasteiger partial charge in [-0.05, 0) is 51.8 Å². The van der Waals surface area contributed by atoms with Crippen molar-refractivity contribution in [3.05, 3.63) is 48.1 Å². The van der Waals surface area contributed by atoms with E-state index < -0.39 is 20.9 Å². The van der Waals surface area contributed by atoms with Gasteiger partial charge in [-0.15, -0.1) is 0 Å². The summed E-state index contributed by atoms with van der Waals surface area (Å²) >= 11 is 0. The van der Waals surface area contributed by atoms with E-state index in [9.17, 15) is 17.6 Å². The third kappa shape index (κ3) is 4.76. The molecule has 1 aromatic carbocycles. The molecule has 192 valence electrons. The van der Waals surface area contributed by atoms with Crippen molar-refractivity contribution in [2.45, 2.75) is 80.9 Å². The Balaban J connectivity index is 1.27. The number of carbonyl (C=O) groups is 1. The van der Waals surface area contributed by atoms with Crippen LogP contribution in [-0.2, 0) is 14.6 Å². The molecule has 11 heteroatoms. The number of nitrogens with one attached hydrogen (secondary N) is 1. The van der Waals surface area contributed by atoms with Gasteiger partial charge >= 0.3 is 6.09 Å². The number of hydrogen-bond acceptors (Lipinski definition) is 8. The third-order valence-corrected chi connectivity index (χ3v) is 8.89. The molecule has 2 atom stereocenters. The second-order valence-corrected chi connectivity index (χ2v) is 12.0. The molecule has 2 fully saturated rings. The first-order valence-electron chi connectivity index (χ1n) is 12.1. The molecule has 2 aliphatic heterocycles. The Bertz CT molecular complexity index is 1300. The van der Waals surface area contributed by atoms with Crippen molar-refractivity contribution in [1.82, 2.24) is 14.9 Å². The van der Waals surface area contributed by atoms with Gasteiger partial charge in [-0.1, -0.05) is 12.2 Å². The number of benzene rings is 1. The highest BCUT2D eigenvalue weighted by Crippen LogP contribution is 2.36. The van der Waals surface area contributed by atoms with Crippen LogP contribution in [0.4, 0.5) is 20.7 Å². The van der Waals surface area contributed by atoms with E-state index in [-0.39, 0.29) is 41.0 Å². The Hall–Kier alpha value is -3.21. The minimum atomic E-state index is -3.48. The predicted molar refractivity (Wildman–Crippen MR) is 130 cm³/mol. The molecule has 0 spiro atoms. The van der Waals surface area contributed by atoms with Crippen molar-refractivity contribution < 1.29 is 27.1 Å². The van der Waals surface area contributed by atoms with E-state index in [4.69, 9.17) is 9.47 Å². The highest BCUT2D eigenvalue weighted by Gasteiger charge is 2.42.